The molecule has 5 nitrogen and oxygen atoms in total. The molecular weight excluding hydrogens is 328 g/mol. The van der Waals surface area contributed by atoms with Gasteiger partial charge in [0.2, 0.25) is 0 Å². The molecule has 0 fully saturated rings. The van der Waals surface area contributed by atoms with Crippen molar-refractivity contribution in [3.63, 3.8) is 0 Å². The molecule has 0 aliphatic carbocycles. The Balaban J connectivity index is 2.35. The van der Waals surface area contributed by atoms with Crippen molar-refractivity contribution < 1.29 is 9.84 Å². The summed E-state index contributed by atoms with van der Waals surface area (Å²) >= 11 is 6.06. The normalized spacial score (nSPS) is 24.6. The molecular formula is C18H17ClN2O3. The maximum atomic E-state index is 12.4. The second-order valence-electron chi connectivity index (χ2n) is 6.62. The SMILES string of the molecule is CC1(C)Oc2ccc(C#N)cc2C(n2cc(Cl)ccc2=O)C1(C)O. The van der Waals surface area contributed by atoms with E-state index in [-0.39, 0.29) is 5.56 Å². The standard InChI is InChI=1S/C18H17ClN2O3/c1-17(2)18(3,23)16(21-10-12(19)5-7-15(21)22)13-8-11(9-20)4-6-14(13)24-17/h4-8,10,16,23H,1-3H3. The van der Waals surface area contributed by atoms with Crippen LogP contribution in [0.1, 0.15) is 37.9 Å². The molecule has 6 heteroatoms. The van der Waals surface area contributed by atoms with Crippen LogP contribution in [0.3, 0.4) is 0 Å². The van der Waals surface area contributed by atoms with Crippen LogP contribution >= 0.6 is 11.6 Å². The zero-order chi connectivity index (χ0) is 17.7. The van der Waals surface area contributed by atoms with E-state index in [1.807, 2.05) is 0 Å². The molecule has 1 aromatic carbocycles. The highest BCUT2D eigenvalue weighted by molar-refractivity contribution is 6.30. The minimum Gasteiger partial charge on any atom is -0.484 e. The number of fused-ring (bicyclic) bond motifs is 1. The van der Waals surface area contributed by atoms with E-state index in [0.717, 1.165) is 0 Å². The van der Waals surface area contributed by atoms with Crippen LogP contribution in [0.25, 0.3) is 0 Å². The lowest BCUT2D eigenvalue weighted by Crippen LogP contribution is -2.60. The van der Waals surface area contributed by atoms with Gasteiger partial charge in [0.1, 0.15) is 17.0 Å². The fraction of sp³-hybridized carbons (Fsp3) is 0.333. The smallest absolute Gasteiger partial charge is 0.251 e. The molecule has 1 aliphatic rings. The highest BCUT2D eigenvalue weighted by Gasteiger charge is 2.53. The van der Waals surface area contributed by atoms with Crippen LogP contribution in [-0.4, -0.2) is 20.9 Å². The van der Waals surface area contributed by atoms with Crippen molar-refractivity contribution in [2.45, 2.75) is 38.0 Å². The van der Waals surface area contributed by atoms with Gasteiger partial charge in [0.05, 0.1) is 22.7 Å². The van der Waals surface area contributed by atoms with Crippen LogP contribution in [0.5, 0.6) is 5.75 Å². The molecule has 0 saturated heterocycles. The van der Waals surface area contributed by atoms with Gasteiger partial charge in [-0.15, -0.1) is 0 Å². The predicted octanol–water partition coefficient (Wildman–Crippen LogP) is 2.88. The Morgan fingerprint density at radius 3 is 2.67 bits per heavy atom. The van der Waals surface area contributed by atoms with Crippen LogP contribution in [0.2, 0.25) is 5.02 Å². The second-order valence-corrected chi connectivity index (χ2v) is 7.06. The van der Waals surface area contributed by atoms with Gasteiger partial charge in [-0.05, 0) is 45.0 Å². The maximum Gasteiger partial charge on any atom is 0.251 e. The Hall–Kier alpha value is -2.29. The lowest BCUT2D eigenvalue weighted by Gasteiger charge is -2.49. The van der Waals surface area contributed by atoms with E-state index in [1.165, 1.54) is 22.9 Å². The van der Waals surface area contributed by atoms with Crippen molar-refractivity contribution in [3.05, 3.63) is 63.0 Å². The van der Waals surface area contributed by atoms with Crippen LogP contribution in [0.4, 0.5) is 0 Å². The summed E-state index contributed by atoms with van der Waals surface area (Å²) in [7, 11) is 0. The summed E-state index contributed by atoms with van der Waals surface area (Å²) in [5.74, 6) is 0.530. The highest BCUT2D eigenvalue weighted by Crippen LogP contribution is 2.47. The highest BCUT2D eigenvalue weighted by atomic mass is 35.5. The van der Waals surface area contributed by atoms with Gasteiger partial charge in [0, 0.05) is 17.8 Å². The van der Waals surface area contributed by atoms with Crippen LogP contribution in [-0.2, 0) is 0 Å². The van der Waals surface area contributed by atoms with E-state index < -0.39 is 17.2 Å². The molecule has 0 spiro atoms. The molecule has 1 N–H and O–H groups in total. The molecule has 24 heavy (non-hydrogen) atoms. The summed E-state index contributed by atoms with van der Waals surface area (Å²) in [5.41, 5.74) is -1.67. The molecule has 2 atom stereocenters. The number of aromatic nitrogens is 1. The number of halogens is 1. The number of nitriles is 1. The van der Waals surface area contributed by atoms with Crippen molar-refractivity contribution >= 4 is 11.6 Å². The van der Waals surface area contributed by atoms with Crippen molar-refractivity contribution in [2.24, 2.45) is 0 Å². The number of hydrogen-bond donors (Lipinski definition) is 1. The van der Waals surface area contributed by atoms with Crippen molar-refractivity contribution in [2.75, 3.05) is 0 Å². The Morgan fingerprint density at radius 1 is 1.29 bits per heavy atom. The summed E-state index contributed by atoms with van der Waals surface area (Å²) in [6.07, 6.45) is 1.49. The van der Waals surface area contributed by atoms with E-state index in [2.05, 4.69) is 6.07 Å². The summed E-state index contributed by atoms with van der Waals surface area (Å²) in [4.78, 5) is 12.4. The van der Waals surface area contributed by atoms with Crippen LogP contribution in [0, 0.1) is 11.3 Å². The first-order chi connectivity index (χ1) is 11.2. The fourth-order valence-electron chi connectivity index (χ4n) is 3.03. The topological polar surface area (TPSA) is 75.2 Å². The molecule has 124 valence electrons. The lowest BCUT2D eigenvalue weighted by molar-refractivity contribution is -0.139. The quantitative estimate of drug-likeness (QED) is 0.863. The van der Waals surface area contributed by atoms with E-state index in [0.29, 0.717) is 21.9 Å². The van der Waals surface area contributed by atoms with Gasteiger partial charge < -0.3 is 14.4 Å². The third-order valence-corrected chi connectivity index (χ3v) is 4.95. The first kappa shape index (κ1) is 16.6. The fourth-order valence-corrected chi connectivity index (χ4v) is 3.20. The third kappa shape index (κ3) is 2.39. The Kier molecular flexibility index (Phi) is 3.71. The zero-order valence-corrected chi connectivity index (χ0v) is 14.3. The monoisotopic (exact) mass is 344 g/mol. The van der Waals surface area contributed by atoms with Crippen molar-refractivity contribution in [1.82, 2.24) is 4.57 Å². The predicted molar refractivity (Wildman–Crippen MR) is 90.3 cm³/mol. The van der Waals surface area contributed by atoms with Gasteiger partial charge in [0.25, 0.3) is 5.56 Å². The summed E-state index contributed by atoms with van der Waals surface area (Å²) in [5, 5.41) is 20.8. The molecule has 0 radical (unpaired) electrons. The molecule has 2 heterocycles. The molecule has 0 saturated carbocycles. The first-order valence-electron chi connectivity index (χ1n) is 7.50. The van der Waals surface area contributed by atoms with E-state index in [4.69, 9.17) is 16.3 Å². The summed E-state index contributed by atoms with van der Waals surface area (Å²) < 4.78 is 7.34. The maximum absolute atomic E-state index is 12.4. The summed E-state index contributed by atoms with van der Waals surface area (Å²) in [6.45, 7) is 5.14. The number of hydrogen-bond acceptors (Lipinski definition) is 4. The summed E-state index contributed by atoms with van der Waals surface area (Å²) in [6, 6.07) is 9.16. The van der Waals surface area contributed by atoms with Crippen molar-refractivity contribution in [3.8, 4) is 11.8 Å². The molecule has 2 aromatic rings. The number of ether oxygens (including phenoxy) is 1. The minimum atomic E-state index is -1.41. The van der Waals surface area contributed by atoms with E-state index in [9.17, 15) is 15.2 Å². The lowest BCUT2D eigenvalue weighted by atomic mass is 9.75. The largest absolute Gasteiger partial charge is 0.484 e. The second kappa shape index (κ2) is 5.37. The van der Waals surface area contributed by atoms with E-state index in [1.54, 1.807) is 39.0 Å². The van der Waals surface area contributed by atoms with Gasteiger partial charge in [-0.2, -0.15) is 5.26 Å². The Morgan fingerprint density at radius 2 is 2.00 bits per heavy atom. The van der Waals surface area contributed by atoms with Gasteiger partial charge in [-0.3, -0.25) is 4.79 Å². The first-order valence-corrected chi connectivity index (χ1v) is 7.88. The Labute approximate surface area is 144 Å². The number of pyridine rings is 1. The molecule has 0 bridgehead atoms. The zero-order valence-electron chi connectivity index (χ0n) is 13.6. The van der Waals surface area contributed by atoms with Gasteiger partial charge in [-0.1, -0.05) is 11.6 Å². The number of benzene rings is 1. The number of nitrogens with zero attached hydrogens (tertiary/aromatic N) is 2. The van der Waals surface area contributed by atoms with Gasteiger partial charge in [0.15, 0.2) is 0 Å². The van der Waals surface area contributed by atoms with Crippen molar-refractivity contribution in [1.29, 1.82) is 5.26 Å². The average Bonchev–Trinajstić information content (AvgIpc) is 2.51. The minimum absolute atomic E-state index is 0.296. The van der Waals surface area contributed by atoms with Crippen LogP contribution < -0.4 is 10.3 Å². The number of aliphatic hydroxyl groups is 1. The average molecular weight is 345 g/mol. The molecule has 1 aromatic heterocycles. The Bertz CT molecular complexity index is 909. The number of rotatable bonds is 1. The third-order valence-electron chi connectivity index (χ3n) is 4.73. The van der Waals surface area contributed by atoms with Gasteiger partial charge in [-0.25, -0.2) is 0 Å². The molecule has 3 rings (SSSR count). The molecule has 2 unspecified atom stereocenters. The molecule has 0 amide bonds. The van der Waals surface area contributed by atoms with Crippen LogP contribution in [0.15, 0.2) is 41.3 Å². The van der Waals surface area contributed by atoms with Gasteiger partial charge >= 0.3 is 0 Å². The van der Waals surface area contributed by atoms with E-state index >= 15 is 0 Å². The molecule has 1 aliphatic heterocycles.